The zero-order valence-corrected chi connectivity index (χ0v) is 16.0. The summed E-state index contributed by atoms with van der Waals surface area (Å²) < 4.78 is 23.5. The molecule has 1 rings (SSSR count). The highest BCUT2D eigenvalue weighted by Crippen LogP contribution is 2.21. The van der Waals surface area contributed by atoms with E-state index in [0.29, 0.717) is 18.4 Å². The van der Waals surface area contributed by atoms with Crippen LogP contribution in [-0.2, 0) is 25.8 Å². The van der Waals surface area contributed by atoms with E-state index in [1.807, 2.05) is 20.8 Å². The molecule has 0 bridgehead atoms. The Kier molecular flexibility index (Phi) is 7.17. The lowest BCUT2D eigenvalue weighted by Crippen LogP contribution is -2.42. The third kappa shape index (κ3) is 7.25. The maximum Gasteiger partial charge on any atom is 0.326 e. The number of nitrogens with one attached hydrogen (secondary N) is 1. The van der Waals surface area contributed by atoms with Crippen LogP contribution in [0.4, 0.5) is 0 Å². The van der Waals surface area contributed by atoms with E-state index in [4.69, 9.17) is 0 Å². The summed E-state index contributed by atoms with van der Waals surface area (Å²) in [6.07, 6.45) is 1.04. The molecular weight excluding hydrogens is 342 g/mol. The molecule has 0 aliphatic carbocycles. The van der Waals surface area contributed by atoms with Crippen molar-refractivity contribution < 1.29 is 23.1 Å². The van der Waals surface area contributed by atoms with Crippen LogP contribution in [0.15, 0.2) is 29.2 Å². The van der Waals surface area contributed by atoms with Crippen molar-refractivity contribution in [1.29, 1.82) is 0 Å². The fraction of sp³-hybridized carbons (Fsp3) is 0.556. The van der Waals surface area contributed by atoms with Crippen LogP contribution in [0.3, 0.4) is 0 Å². The normalized spacial score (nSPS) is 13.3. The molecule has 0 aromatic heterocycles. The third-order valence-corrected chi connectivity index (χ3v) is 5.59. The van der Waals surface area contributed by atoms with Crippen LogP contribution < -0.4 is 5.32 Å². The summed E-state index contributed by atoms with van der Waals surface area (Å²) in [7, 11) is -3.27. The summed E-state index contributed by atoms with van der Waals surface area (Å²) in [6.45, 7) is 7.61. The molecule has 1 aromatic rings. The lowest BCUT2D eigenvalue weighted by molar-refractivity contribution is -0.142. The number of carboxylic acids is 1. The Labute approximate surface area is 149 Å². The molecule has 0 saturated heterocycles. The van der Waals surface area contributed by atoms with Gasteiger partial charge in [-0.3, -0.25) is 4.79 Å². The van der Waals surface area contributed by atoms with E-state index in [0.717, 1.165) is 0 Å². The van der Waals surface area contributed by atoms with Crippen LogP contribution in [0.2, 0.25) is 0 Å². The molecular formula is C18H27NO5S. The zero-order chi connectivity index (χ0) is 19.3. The van der Waals surface area contributed by atoms with Crippen LogP contribution in [0.25, 0.3) is 0 Å². The molecule has 0 spiro atoms. The minimum absolute atomic E-state index is 0.00570. The minimum atomic E-state index is -3.27. The van der Waals surface area contributed by atoms with E-state index in [1.165, 1.54) is 12.1 Å². The molecule has 2 N–H and O–H groups in total. The van der Waals surface area contributed by atoms with Crippen LogP contribution in [0.1, 0.15) is 46.1 Å². The van der Waals surface area contributed by atoms with Crippen molar-refractivity contribution in [3.63, 3.8) is 0 Å². The van der Waals surface area contributed by atoms with Gasteiger partial charge in [0, 0.05) is 0 Å². The molecule has 6 nitrogen and oxygen atoms in total. The molecule has 7 heteroatoms. The molecule has 0 radical (unpaired) electrons. The van der Waals surface area contributed by atoms with Gasteiger partial charge in [-0.2, -0.15) is 0 Å². The number of aliphatic carboxylic acids is 1. The van der Waals surface area contributed by atoms with E-state index in [-0.39, 0.29) is 22.5 Å². The first-order valence-corrected chi connectivity index (χ1v) is 9.93. The first-order chi connectivity index (χ1) is 11.4. The molecule has 1 amide bonds. The third-order valence-electron chi connectivity index (χ3n) is 3.84. The zero-order valence-electron chi connectivity index (χ0n) is 15.2. The van der Waals surface area contributed by atoms with Gasteiger partial charge in [0.1, 0.15) is 6.04 Å². The molecule has 0 heterocycles. The SMILES string of the molecule is CCS(=O)(=O)c1ccc(CC(=O)NC(CCC(C)(C)C)C(=O)O)cc1. The van der Waals surface area contributed by atoms with Gasteiger partial charge < -0.3 is 10.4 Å². The molecule has 140 valence electrons. The van der Waals surface area contributed by atoms with Gasteiger partial charge in [-0.05, 0) is 36.0 Å². The van der Waals surface area contributed by atoms with Crippen molar-refractivity contribution in [2.24, 2.45) is 5.41 Å². The average Bonchev–Trinajstić information content (AvgIpc) is 2.50. The predicted octanol–water partition coefficient (Wildman–Crippen LogP) is 2.42. The second-order valence-corrected chi connectivity index (χ2v) is 9.56. The molecule has 1 unspecified atom stereocenters. The smallest absolute Gasteiger partial charge is 0.326 e. The number of carbonyl (C=O) groups is 2. The van der Waals surface area contributed by atoms with E-state index in [9.17, 15) is 23.1 Å². The molecule has 1 aromatic carbocycles. The molecule has 25 heavy (non-hydrogen) atoms. The summed E-state index contributed by atoms with van der Waals surface area (Å²) in [6, 6.07) is 5.16. The molecule has 0 aliphatic rings. The Balaban J connectivity index is 2.69. The number of amides is 1. The summed E-state index contributed by atoms with van der Waals surface area (Å²) in [5, 5.41) is 11.8. The van der Waals surface area contributed by atoms with Crippen molar-refractivity contribution in [3.8, 4) is 0 Å². The number of hydrogen-bond donors (Lipinski definition) is 2. The fourth-order valence-corrected chi connectivity index (χ4v) is 3.13. The summed E-state index contributed by atoms with van der Waals surface area (Å²) >= 11 is 0. The minimum Gasteiger partial charge on any atom is -0.480 e. The van der Waals surface area contributed by atoms with Crippen molar-refractivity contribution in [1.82, 2.24) is 5.32 Å². The van der Waals surface area contributed by atoms with Crippen molar-refractivity contribution in [2.45, 2.75) is 57.9 Å². The van der Waals surface area contributed by atoms with Crippen LogP contribution >= 0.6 is 0 Å². The van der Waals surface area contributed by atoms with Gasteiger partial charge in [0.2, 0.25) is 5.91 Å². The van der Waals surface area contributed by atoms with E-state index in [1.54, 1.807) is 19.1 Å². The van der Waals surface area contributed by atoms with E-state index >= 15 is 0 Å². The summed E-state index contributed by atoms with van der Waals surface area (Å²) in [5.41, 5.74) is 0.617. The number of carboxylic acid groups (broad SMARTS) is 1. The Morgan fingerprint density at radius 3 is 2.16 bits per heavy atom. The second-order valence-electron chi connectivity index (χ2n) is 7.28. The standard InChI is InChI=1S/C18H27NO5S/c1-5-25(23,24)14-8-6-13(7-9-14)12-16(20)19-15(17(21)22)10-11-18(2,3)4/h6-9,15H,5,10-12H2,1-4H3,(H,19,20)(H,21,22). The van der Waals surface area contributed by atoms with Gasteiger partial charge >= 0.3 is 5.97 Å². The topological polar surface area (TPSA) is 101 Å². The highest BCUT2D eigenvalue weighted by molar-refractivity contribution is 7.91. The van der Waals surface area contributed by atoms with Gasteiger partial charge in [0.15, 0.2) is 9.84 Å². The quantitative estimate of drug-likeness (QED) is 0.733. The second kappa shape index (κ2) is 8.47. The fourth-order valence-electron chi connectivity index (χ4n) is 2.25. The maximum atomic E-state index is 12.1. The van der Waals surface area contributed by atoms with Gasteiger partial charge in [-0.25, -0.2) is 13.2 Å². The van der Waals surface area contributed by atoms with Crippen molar-refractivity contribution in [2.75, 3.05) is 5.75 Å². The number of hydrogen-bond acceptors (Lipinski definition) is 4. The number of sulfone groups is 1. The number of carbonyl (C=O) groups excluding carboxylic acids is 1. The lowest BCUT2D eigenvalue weighted by Gasteiger charge is -2.21. The van der Waals surface area contributed by atoms with Gasteiger partial charge in [0.05, 0.1) is 17.1 Å². The predicted molar refractivity (Wildman–Crippen MR) is 96.1 cm³/mol. The maximum absolute atomic E-state index is 12.1. The number of rotatable bonds is 8. The molecule has 0 saturated carbocycles. The van der Waals surface area contributed by atoms with Crippen LogP contribution in [0, 0.1) is 5.41 Å². The highest BCUT2D eigenvalue weighted by atomic mass is 32.2. The van der Waals surface area contributed by atoms with Gasteiger partial charge in [0.25, 0.3) is 0 Å². The van der Waals surface area contributed by atoms with Crippen LogP contribution in [-0.4, -0.2) is 37.2 Å². The lowest BCUT2D eigenvalue weighted by atomic mass is 9.88. The van der Waals surface area contributed by atoms with Gasteiger partial charge in [-0.15, -0.1) is 0 Å². The monoisotopic (exact) mass is 369 g/mol. The number of benzene rings is 1. The van der Waals surface area contributed by atoms with E-state index < -0.39 is 27.8 Å². The summed E-state index contributed by atoms with van der Waals surface area (Å²) in [4.78, 5) is 23.6. The first-order valence-electron chi connectivity index (χ1n) is 8.28. The van der Waals surface area contributed by atoms with Crippen LogP contribution in [0.5, 0.6) is 0 Å². The van der Waals surface area contributed by atoms with E-state index in [2.05, 4.69) is 5.32 Å². The molecule has 1 atom stereocenters. The first kappa shape index (κ1) is 21.2. The van der Waals surface area contributed by atoms with Gasteiger partial charge in [-0.1, -0.05) is 39.8 Å². The highest BCUT2D eigenvalue weighted by Gasteiger charge is 2.22. The largest absolute Gasteiger partial charge is 0.480 e. The Morgan fingerprint density at radius 1 is 1.16 bits per heavy atom. The molecule has 0 fully saturated rings. The average molecular weight is 369 g/mol. The Hall–Kier alpha value is -1.89. The molecule has 0 aliphatic heterocycles. The summed E-state index contributed by atoms with van der Waals surface area (Å²) in [5.74, 6) is -1.43. The van der Waals surface area contributed by atoms with Crippen molar-refractivity contribution in [3.05, 3.63) is 29.8 Å². The Bertz CT molecular complexity index is 702. The van der Waals surface area contributed by atoms with Crippen molar-refractivity contribution >= 4 is 21.7 Å². The Morgan fingerprint density at radius 2 is 1.72 bits per heavy atom.